The van der Waals surface area contributed by atoms with E-state index < -0.39 is 41.8 Å². The Morgan fingerprint density at radius 2 is 1.59 bits per heavy atom. The van der Waals surface area contributed by atoms with Gasteiger partial charge in [-0.1, -0.05) is 54.6 Å². The van der Waals surface area contributed by atoms with E-state index in [9.17, 15) is 39.4 Å². The molecule has 0 radical (unpaired) electrons. The monoisotopic (exact) mass is 703 g/mol. The van der Waals surface area contributed by atoms with Crippen LogP contribution < -0.4 is 22.1 Å². The molecule has 2 aromatic heterocycles. The third-order valence-corrected chi connectivity index (χ3v) is 8.42. The largest absolute Gasteiger partial charge is 0.480 e. The van der Waals surface area contributed by atoms with Crippen molar-refractivity contribution in [2.75, 3.05) is 25.1 Å². The van der Waals surface area contributed by atoms with Gasteiger partial charge in [0.2, 0.25) is 11.9 Å². The molecule has 16 nitrogen and oxygen atoms in total. The normalized spacial score (nSPS) is 12.9. The summed E-state index contributed by atoms with van der Waals surface area (Å²) in [6.07, 6.45) is 2.85. The molecular weight excluding hydrogens is 662 g/mol. The predicted molar refractivity (Wildman–Crippen MR) is 185 cm³/mol. The van der Waals surface area contributed by atoms with Crippen molar-refractivity contribution in [1.29, 1.82) is 0 Å². The van der Waals surface area contributed by atoms with E-state index in [0.717, 1.165) is 21.4 Å². The summed E-state index contributed by atoms with van der Waals surface area (Å²) in [7, 11) is 1.20. The third kappa shape index (κ3) is 10.5. The molecule has 0 saturated heterocycles. The van der Waals surface area contributed by atoms with Crippen LogP contribution in [0.15, 0.2) is 60.8 Å². The summed E-state index contributed by atoms with van der Waals surface area (Å²) < 4.78 is 5.71. The van der Waals surface area contributed by atoms with Crippen molar-refractivity contribution in [1.82, 2.24) is 25.3 Å². The first-order valence-corrected chi connectivity index (χ1v) is 16.2. The number of nitrogens with two attached hydrogens (primary N) is 2. The summed E-state index contributed by atoms with van der Waals surface area (Å²) in [5, 5.41) is 35.1. The van der Waals surface area contributed by atoms with Crippen LogP contribution in [0.1, 0.15) is 52.7 Å². The van der Waals surface area contributed by atoms with Crippen molar-refractivity contribution in [3.63, 3.8) is 0 Å². The highest BCUT2D eigenvalue weighted by atomic mass is 16.5. The van der Waals surface area contributed by atoms with Crippen LogP contribution >= 0.6 is 0 Å². The van der Waals surface area contributed by atoms with Crippen molar-refractivity contribution in [2.45, 2.75) is 57.0 Å². The molecule has 9 N–H and O–H groups in total. The molecule has 16 heteroatoms. The number of nitrogen functional groups attached to an aromatic ring is 2. The van der Waals surface area contributed by atoms with Gasteiger partial charge in [0.1, 0.15) is 17.9 Å². The fraction of sp³-hybridized carbons (Fsp3) is 0.343. The van der Waals surface area contributed by atoms with Gasteiger partial charge in [-0.05, 0) is 55.2 Å². The van der Waals surface area contributed by atoms with Crippen molar-refractivity contribution in [3.05, 3.63) is 83.0 Å². The van der Waals surface area contributed by atoms with Crippen molar-refractivity contribution >= 4 is 52.4 Å². The molecule has 4 aromatic rings. The number of amides is 1. The second-order valence-electron chi connectivity index (χ2n) is 12.1. The highest BCUT2D eigenvalue weighted by molar-refractivity contribution is 5.98. The zero-order valence-corrected chi connectivity index (χ0v) is 27.9. The molecule has 0 fully saturated rings. The maximum atomic E-state index is 12.8. The molecule has 2 aromatic carbocycles. The minimum atomic E-state index is -1.42. The number of methoxy groups -OCH3 is 1. The van der Waals surface area contributed by atoms with Gasteiger partial charge in [-0.25, -0.2) is 4.79 Å². The Kier molecular flexibility index (Phi) is 13.0. The lowest BCUT2D eigenvalue weighted by molar-refractivity contribution is -0.148. The number of anilines is 2. The van der Waals surface area contributed by atoms with Gasteiger partial charge in [0, 0.05) is 18.2 Å². The molecular formula is C35H41N7O9. The van der Waals surface area contributed by atoms with E-state index in [2.05, 4.69) is 20.6 Å². The van der Waals surface area contributed by atoms with E-state index in [4.69, 9.17) is 16.2 Å². The topological polar surface area (TPSA) is 262 Å². The van der Waals surface area contributed by atoms with Crippen molar-refractivity contribution < 1.29 is 44.1 Å². The number of benzene rings is 2. The van der Waals surface area contributed by atoms with Crippen LogP contribution in [0.4, 0.5) is 11.8 Å². The molecule has 1 amide bonds. The maximum Gasteiger partial charge on any atom is 0.326 e. The first-order valence-electron chi connectivity index (χ1n) is 16.2. The number of carboxylic acids is 2. The SMILES string of the molecule is COC(=O)C(Cc1ccccc1)C[C@H](NC(=O)CC[C@H](NCC(=O)c1ccc(CCCc2cn(O)c3nc(N)nc(N)c23)cc1)C(=O)O)C(=O)O. The average Bonchev–Trinajstić information content (AvgIpc) is 3.42. The molecule has 2 heterocycles. The number of esters is 1. The number of Topliss-reactive ketones (excluding diaryl/α,β-unsaturated/α-hetero) is 1. The number of carbonyl (C=O) groups is 5. The number of ether oxygens (including phenoxy) is 1. The quantitative estimate of drug-likeness (QED) is 0.0419. The van der Waals surface area contributed by atoms with Gasteiger partial charge in [-0.3, -0.25) is 24.5 Å². The van der Waals surface area contributed by atoms with Gasteiger partial charge >= 0.3 is 17.9 Å². The number of aryl methyl sites for hydroxylation is 2. The molecule has 270 valence electrons. The van der Waals surface area contributed by atoms with Crippen LogP contribution in [0.3, 0.4) is 0 Å². The number of carboxylic acid groups (broad SMARTS) is 2. The molecule has 4 rings (SSSR count). The highest BCUT2D eigenvalue weighted by Crippen LogP contribution is 2.26. The van der Waals surface area contributed by atoms with E-state index in [1.54, 1.807) is 54.6 Å². The standard InChI is InChI=1S/C35H41N7O9/c1-51-34(49)24(16-21-6-3-2-4-7-21)17-26(33(47)48)39-28(44)15-14-25(32(45)46)38-18-27(43)22-12-10-20(11-13-22)8-5-9-23-19-42(50)31-29(23)30(36)40-35(37)41-31/h2-4,6-7,10-13,19,24-26,38,50H,5,8-9,14-18H2,1H3,(H,39,44)(H,45,46)(H,47,48)(H4,36,37,40,41)/t24?,25-,26-/m0/s1. The Morgan fingerprint density at radius 3 is 2.24 bits per heavy atom. The highest BCUT2D eigenvalue weighted by Gasteiger charge is 2.30. The number of nitrogens with one attached hydrogen (secondary N) is 2. The summed E-state index contributed by atoms with van der Waals surface area (Å²) in [5.74, 6) is -5.04. The molecule has 1 unspecified atom stereocenters. The van der Waals surface area contributed by atoms with Crippen molar-refractivity contribution in [2.24, 2.45) is 5.92 Å². The summed E-state index contributed by atoms with van der Waals surface area (Å²) >= 11 is 0. The number of aromatic nitrogens is 3. The Balaban J connectivity index is 1.25. The van der Waals surface area contributed by atoms with Crippen LogP contribution in [0.5, 0.6) is 0 Å². The number of ketones is 1. The second-order valence-corrected chi connectivity index (χ2v) is 12.1. The van der Waals surface area contributed by atoms with Gasteiger partial charge in [0.25, 0.3) is 0 Å². The number of aliphatic carboxylic acids is 2. The van der Waals surface area contributed by atoms with E-state index in [1.165, 1.54) is 13.3 Å². The molecule has 0 aliphatic carbocycles. The lowest BCUT2D eigenvalue weighted by Gasteiger charge is -2.21. The Bertz CT molecular complexity index is 1860. The molecule has 3 atom stereocenters. The van der Waals surface area contributed by atoms with E-state index in [1.807, 2.05) is 0 Å². The van der Waals surface area contributed by atoms with E-state index in [0.29, 0.717) is 30.2 Å². The predicted octanol–water partition coefficient (Wildman–Crippen LogP) is 2.01. The smallest absolute Gasteiger partial charge is 0.326 e. The zero-order valence-electron chi connectivity index (χ0n) is 27.9. The first kappa shape index (κ1) is 37.8. The Hall–Kier alpha value is -6.03. The Labute approximate surface area is 292 Å². The average molecular weight is 704 g/mol. The van der Waals surface area contributed by atoms with Gasteiger partial charge in [-0.15, -0.1) is 0 Å². The summed E-state index contributed by atoms with van der Waals surface area (Å²) in [6, 6.07) is 13.2. The molecule has 0 aliphatic heterocycles. The lowest BCUT2D eigenvalue weighted by Crippen LogP contribution is -2.45. The van der Waals surface area contributed by atoms with Gasteiger partial charge < -0.3 is 36.9 Å². The maximum absolute atomic E-state index is 12.8. The number of hydrogen-bond donors (Lipinski definition) is 7. The van der Waals surface area contributed by atoms with E-state index >= 15 is 0 Å². The van der Waals surface area contributed by atoms with Crippen LogP contribution in [-0.4, -0.2) is 85.5 Å². The van der Waals surface area contributed by atoms with Gasteiger partial charge in [0.15, 0.2) is 11.4 Å². The van der Waals surface area contributed by atoms with E-state index in [-0.39, 0.29) is 55.4 Å². The number of carbonyl (C=O) groups excluding carboxylic acids is 3. The lowest BCUT2D eigenvalue weighted by atomic mass is 9.92. The fourth-order valence-corrected chi connectivity index (χ4v) is 5.77. The molecule has 0 bridgehead atoms. The van der Waals surface area contributed by atoms with Crippen LogP contribution in [0.25, 0.3) is 11.0 Å². The number of rotatable bonds is 19. The third-order valence-electron chi connectivity index (χ3n) is 8.42. The van der Waals surface area contributed by atoms with Gasteiger partial charge in [0.05, 0.1) is 25.0 Å². The van der Waals surface area contributed by atoms with Crippen molar-refractivity contribution in [3.8, 4) is 0 Å². The minimum absolute atomic E-state index is 0.0417. The molecule has 51 heavy (non-hydrogen) atoms. The summed E-state index contributed by atoms with van der Waals surface area (Å²) in [4.78, 5) is 69.8. The zero-order chi connectivity index (χ0) is 37.1. The van der Waals surface area contributed by atoms with Crippen LogP contribution in [-0.2, 0) is 43.2 Å². The molecule has 0 spiro atoms. The molecule has 0 saturated carbocycles. The summed E-state index contributed by atoms with van der Waals surface area (Å²) in [6.45, 7) is -0.310. The number of fused-ring (bicyclic) bond motifs is 1. The fourth-order valence-electron chi connectivity index (χ4n) is 5.77. The minimum Gasteiger partial charge on any atom is -0.480 e. The Morgan fingerprint density at radius 1 is 0.902 bits per heavy atom. The van der Waals surface area contributed by atoms with Crippen LogP contribution in [0.2, 0.25) is 0 Å². The first-order chi connectivity index (χ1) is 24.4. The molecule has 0 aliphatic rings. The second kappa shape index (κ2) is 17.6. The number of nitrogens with zero attached hydrogens (tertiary/aromatic N) is 3. The number of hydrogen-bond acceptors (Lipinski definition) is 12. The van der Waals surface area contributed by atoms with Crippen LogP contribution in [0, 0.1) is 5.92 Å². The van der Waals surface area contributed by atoms with Gasteiger partial charge in [-0.2, -0.15) is 14.7 Å². The summed E-state index contributed by atoms with van der Waals surface area (Å²) in [5.41, 5.74) is 14.7.